The first kappa shape index (κ1) is 23.4. The van der Waals surface area contributed by atoms with Gasteiger partial charge in [-0.3, -0.25) is 14.8 Å². The average molecular weight is 449 g/mol. The van der Waals surface area contributed by atoms with E-state index in [4.69, 9.17) is 9.73 Å². The Labute approximate surface area is 190 Å². The maximum atomic E-state index is 12.5. The van der Waals surface area contributed by atoms with E-state index in [1.807, 2.05) is 13.8 Å². The summed E-state index contributed by atoms with van der Waals surface area (Å²) < 4.78 is 5.42. The molecule has 0 atom stereocenters. The smallest absolute Gasteiger partial charge is 0.274 e. The topological polar surface area (TPSA) is 145 Å². The maximum absolute atomic E-state index is 12.5. The SMILES string of the molecule is CCNC(=O)c1noc(-c2cc(C(C)C)c(O)cc2O)c1C#Cc1ccc(C(=O)NO)cc1. The minimum absolute atomic E-state index is 0.0423. The van der Waals surface area contributed by atoms with Gasteiger partial charge in [0.05, 0.1) is 5.56 Å². The molecule has 0 radical (unpaired) electrons. The number of nitrogens with one attached hydrogen (secondary N) is 2. The lowest BCUT2D eigenvalue weighted by Gasteiger charge is -2.11. The van der Waals surface area contributed by atoms with Gasteiger partial charge < -0.3 is 20.1 Å². The van der Waals surface area contributed by atoms with E-state index in [9.17, 15) is 19.8 Å². The minimum atomic E-state index is -0.655. The van der Waals surface area contributed by atoms with Gasteiger partial charge in [0.25, 0.3) is 11.8 Å². The molecule has 2 aromatic carbocycles. The Balaban J connectivity index is 2.13. The molecule has 3 rings (SSSR count). The van der Waals surface area contributed by atoms with Crippen molar-refractivity contribution in [1.29, 1.82) is 0 Å². The van der Waals surface area contributed by atoms with Crippen molar-refractivity contribution in [2.24, 2.45) is 0 Å². The summed E-state index contributed by atoms with van der Waals surface area (Å²) in [5, 5.41) is 35.9. The fraction of sp³-hybridized carbons (Fsp3) is 0.208. The first-order valence-corrected chi connectivity index (χ1v) is 10.2. The van der Waals surface area contributed by atoms with Crippen LogP contribution in [0.2, 0.25) is 0 Å². The number of hydrogen-bond acceptors (Lipinski definition) is 7. The first-order valence-electron chi connectivity index (χ1n) is 10.2. The van der Waals surface area contributed by atoms with E-state index in [0.717, 1.165) is 0 Å². The predicted octanol–water partition coefficient (Wildman–Crippen LogP) is 3.14. The number of aromatic nitrogens is 1. The van der Waals surface area contributed by atoms with Crippen molar-refractivity contribution >= 4 is 11.8 Å². The van der Waals surface area contributed by atoms with Crippen molar-refractivity contribution in [3.63, 3.8) is 0 Å². The number of carbonyl (C=O) groups is 2. The number of rotatable bonds is 5. The number of carbonyl (C=O) groups excluding carboxylic acids is 2. The summed E-state index contributed by atoms with van der Waals surface area (Å²) in [6.07, 6.45) is 0. The van der Waals surface area contributed by atoms with Crippen molar-refractivity contribution in [1.82, 2.24) is 16.0 Å². The van der Waals surface area contributed by atoms with Crippen molar-refractivity contribution < 1.29 is 29.5 Å². The molecule has 9 nitrogen and oxygen atoms in total. The zero-order chi connectivity index (χ0) is 24.1. The van der Waals surface area contributed by atoms with Crippen molar-refractivity contribution in [3.05, 3.63) is 64.3 Å². The molecule has 0 saturated heterocycles. The molecule has 0 aliphatic rings. The van der Waals surface area contributed by atoms with E-state index in [-0.39, 0.29) is 45.6 Å². The monoisotopic (exact) mass is 449 g/mol. The van der Waals surface area contributed by atoms with E-state index in [2.05, 4.69) is 22.3 Å². The fourth-order valence-electron chi connectivity index (χ4n) is 3.13. The highest BCUT2D eigenvalue weighted by atomic mass is 16.5. The Morgan fingerprint density at radius 3 is 2.36 bits per heavy atom. The Bertz CT molecular complexity index is 1250. The van der Waals surface area contributed by atoms with Gasteiger partial charge in [-0.2, -0.15) is 0 Å². The molecule has 2 amide bonds. The second-order valence-corrected chi connectivity index (χ2v) is 7.45. The molecule has 1 heterocycles. The average Bonchev–Trinajstić information content (AvgIpc) is 3.21. The summed E-state index contributed by atoms with van der Waals surface area (Å²) in [4.78, 5) is 24.0. The number of phenols is 2. The van der Waals surface area contributed by atoms with Gasteiger partial charge in [-0.1, -0.05) is 30.8 Å². The molecule has 0 aliphatic carbocycles. The maximum Gasteiger partial charge on any atom is 0.274 e. The molecule has 33 heavy (non-hydrogen) atoms. The molecule has 1 aromatic heterocycles. The molecule has 0 bridgehead atoms. The van der Waals surface area contributed by atoms with Crippen LogP contribution in [0.1, 0.15) is 64.2 Å². The highest BCUT2D eigenvalue weighted by molar-refractivity contribution is 5.97. The zero-order valence-corrected chi connectivity index (χ0v) is 18.3. The molecule has 0 unspecified atom stereocenters. The number of nitrogens with zero attached hydrogens (tertiary/aromatic N) is 1. The van der Waals surface area contributed by atoms with Crippen molar-refractivity contribution in [2.45, 2.75) is 26.7 Å². The Morgan fingerprint density at radius 2 is 1.76 bits per heavy atom. The van der Waals surface area contributed by atoms with E-state index in [1.165, 1.54) is 18.2 Å². The van der Waals surface area contributed by atoms with E-state index >= 15 is 0 Å². The largest absolute Gasteiger partial charge is 0.508 e. The first-order chi connectivity index (χ1) is 15.8. The second-order valence-electron chi connectivity index (χ2n) is 7.45. The number of aromatic hydroxyl groups is 2. The molecule has 0 spiro atoms. The third-order valence-electron chi connectivity index (χ3n) is 4.84. The lowest BCUT2D eigenvalue weighted by molar-refractivity contribution is 0.0706. The summed E-state index contributed by atoms with van der Waals surface area (Å²) >= 11 is 0. The van der Waals surface area contributed by atoms with Crippen molar-refractivity contribution in [3.8, 4) is 34.7 Å². The summed E-state index contributed by atoms with van der Waals surface area (Å²) in [6.45, 7) is 5.90. The Hall–Kier alpha value is -4.29. The van der Waals surface area contributed by atoms with Crippen LogP contribution in [0.3, 0.4) is 0 Å². The van der Waals surface area contributed by atoms with Crippen LogP contribution >= 0.6 is 0 Å². The minimum Gasteiger partial charge on any atom is -0.508 e. The Morgan fingerprint density at radius 1 is 1.06 bits per heavy atom. The van der Waals surface area contributed by atoms with Crippen LogP contribution in [-0.4, -0.2) is 38.9 Å². The van der Waals surface area contributed by atoms with Crippen LogP contribution in [0, 0.1) is 11.8 Å². The molecular weight excluding hydrogens is 426 g/mol. The summed E-state index contributed by atoms with van der Waals surface area (Å²) in [6, 6.07) is 8.90. The van der Waals surface area contributed by atoms with Crippen LogP contribution in [-0.2, 0) is 0 Å². The third kappa shape index (κ3) is 4.97. The van der Waals surface area contributed by atoms with Gasteiger partial charge in [0, 0.05) is 23.7 Å². The molecule has 0 aliphatic heterocycles. The fourth-order valence-corrected chi connectivity index (χ4v) is 3.13. The van der Waals surface area contributed by atoms with Gasteiger partial charge in [0.2, 0.25) is 0 Å². The lowest BCUT2D eigenvalue weighted by atomic mass is 9.96. The highest BCUT2D eigenvalue weighted by Gasteiger charge is 2.25. The highest BCUT2D eigenvalue weighted by Crippen LogP contribution is 2.39. The van der Waals surface area contributed by atoms with Gasteiger partial charge in [0.15, 0.2) is 11.5 Å². The lowest BCUT2D eigenvalue weighted by Crippen LogP contribution is -2.23. The van der Waals surface area contributed by atoms with Crippen LogP contribution in [0.4, 0.5) is 0 Å². The molecule has 0 saturated carbocycles. The van der Waals surface area contributed by atoms with E-state index in [1.54, 1.807) is 30.6 Å². The number of hydrogen-bond donors (Lipinski definition) is 5. The molecular formula is C24H23N3O6. The summed E-state index contributed by atoms with van der Waals surface area (Å²) in [5.41, 5.74) is 3.25. The number of benzene rings is 2. The molecule has 170 valence electrons. The summed E-state index contributed by atoms with van der Waals surface area (Å²) in [7, 11) is 0. The molecule has 9 heteroatoms. The van der Waals surface area contributed by atoms with E-state index in [0.29, 0.717) is 17.7 Å². The molecule has 0 fully saturated rings. The van der Waals surface area contributed by atoms with Gasteiger partial charge in [-0.25, -0.2) is 5.48 Å². The normalized spacial score (nSPS) is 10.5. The van der Waals surface area contributed by atoms with Crippen LogP contribution in [0.25, 0.3) is 11.3 Å². The zero-order valence-electron chi connectivity index (χ0n) is 18.3. The third-order valence-corrected chi connectivity index (χ3v) is 4.84. The number of hydroxylamine groups is 1. The van der Waals surface area contributed by atoms with Gasteiger partial charge in [-0.15, -0.1) is 0 Å². The van der Waals surface area contributed by atoms with Crippen molar-refractivity contribution in [2.75, 3.05) is 6.54 Å². The molecule has 3 aromatic rings. The van der Waals surface area contributed by atoms with Gasteiger partial charge in [-0.05, 0) is 48.7 Å². The van der Waals surface area contributed by atoms with Crippen LogP contribution < -0.4 is 10.8 Å². The number of amides is 2. The Kier molecular flexibility index (Phi) is 7.00. The van der Waals surface area contributed by atoms with Gasteiger partial charge >= 0.3 is 0 Å². The second kappa shape index (κ2) is 9.89. The molecule has 5 N–H and O–H groups in total. The summed E-state index contributed by atoms with van der Waals surface area (Å²) in [5.74, 6) is 4.35. The van der Waals surface area contributed by atoms with Gasteiger partial charge in [0.1, 0.15) is 17.1 Å². The quantitative estimate of drug-likeness (QED) is 0.229. The standard InChI is InChI=1S/C24H23N3O6/c1-4-25-24(31)21-16(10-7-14-5-8-15(9-6-14)23(30)26-32)22(33-27-21)18-11-17(13(2)3)19(28)12-20(18)29/h5-6,8-9,11-13,28-29,32H,4H2,1-3H3,(H,25,31)(H,26,30). The van der Waals surface area contributed by atoms with E-state index < -0.39 is 11.8 Å². The predicted molar refractivity (Wildman–Crippen MR) is 119 cm³/mol. The van der Waals surface area contributed by atoms with Crippen LogP contribution in [0.5, 0.6) is 11.5 Å². The van der Waals surface area contributed by atoms with Crippen LogP contribution in [0.15, 0.2) is 40.9 Å². The number of phenolic OH excluding ortho intramolecular Hbond substituents is 2.